The Morgan fingerprint density at radius 1 is 1.30 bits per heavy atom. The summed E-state index contributed by atoms with van der Waals surface area (Å²) in [5, 5.41) is 3.39. The topological polar surface area (TPSA) is 81.4 Å². The van der Waals surface area contributed by atoms with E-state index in [-0.39, 0.29) is 11.9 Å². The summed E-state index contributed by atoms with van der Waals surface area (Å²) in [6, 6.07) is 0. The second kappa shape index (κ2) is 8.01. The van der Waals surface area contributed by atoms with Crippen molar-refractivity contribution in [2.24, 2.45) is 5.73 Å². The minimum absolute atomic E-state index is 0.0924. The van der Waals surface area contributed by atoms with Crippen LogP contribution in [0.1, 0.15) is 47.0 Å². The van der Waals surface area contributed by atoms with Crippen LogP contribution in [0.3, 0.4) is 0 Å². The highest BCUT2D eigenvalue weighted by Gasteiger charge is 2.21. The molecule has 0 aliphatic carbocycles. The predicted octanol–water partition coefficient (Wildman–Crippen LogP) is 2.61. The summed E-state index contributed by atoms with van der Waals surface area (Å²) in [6.07, 6.45) is 1.98. The normalized spacial score (nSPS) is 10.4. The number of nitrogens with one attached hydrogen (secondary N) is 1. The van der Waals surface area contributed by atoms with Gasteiger partial charge in [0.15, 0.2) is 0 Å². The van der Waals surface area contributed by atoms with Gasteiger partial charge in [-0.05, 0) is 45.7 Å². The minimum atomic E-state index is -0.383. The molecule has 1 aromatic rings. The number of hydrogen-bond donors (Lipinski definition) is 2. The first-order valence-electron chi connectivity index (χ1n) is 6.78. The average Bonchev–Trinajstić information content (AvgIpc) is 2.65. The minimum Gasteiger partial charge on any atom is -0.462 e. The first-order chi connectivity index (χ1) is 9.51. The third-order valence-corrected chi connectivity index (χ3v) is 4.10. The zero-order valence-electron chi connectivity index (χ0n) is 12.2. The molecule has 1 aromatic heterocycles. The summed E-state index contributed by atoms with van der Waals surface area (Å²) in [5.74, 6) is -0.475. The molecule has 0 unspecified atom stereocenters. The molecule has 1 heterocycles. The fourth-order valence-electron chi connectivity index (χ4n) is 1.78. The van der Waals surface area contributed by atoms with Gasteiger partial charge in [-0.25, -0.2) is 4.79 Å². The molecule has 3 N–H and O–H groups in total. The van der Waals surface area contributed by atoms with E-state index in [0.29, 0.717) is 30.1 Å². The second-order valence-electron chi connectivity index (χ2n) is 4.50. The van der Waals surface area contributed by atoms with E-state index in [0.717, 1.165) is 23.3 Å². The van der Waals surface area contributed by atoms with E-state index in [4.69, 9.17) is 10.5 Å². The van der Waals surface area contributed by atoms with Gasteiger partial charge in [-0.2, -0.15) is 0 Å². The molecule has 1 rings (SSSR count). The van der Waals surface area contributed by atoms with Gasteiger partial charge in [0.2, 0.25) is 5.91 Å². The van der Waals surface area contributed by atoms with Crippen molar-refractivity contribution >= 4 is 28.2 Å². The first-order valence-corrected chi connectivity index (χ1v) is 7.59. The number of ether oxygens (including phenoxy) is 1. The van der Waals surface area contributed by atoms with Crippen LogP contribution in [0.25, 0.3) is 0 Å². The van der Waals surface area contributed by atoms with Crippen molar-refractivity contribution in [2.45, 2.75) is 40.0 Å². The number of aryl methyl sites for hydroxylation is 1. The van der Waals surface area contributed by atoms with Crippen LogP contribution in [0.5, 0.6) is 0 Å². The molecule has 1 amide bonds. The lowest BCUT2D eigenvalue weighted by Gasteiger charge is -2.07. The molecule has 112 valence electrons. The molecule has 0 aliphatic heterocycles. The number of esters is 1. The monoisotopic (exact) mass is 298 g/mol. The van der Waals surface area contributed by atoms with Crippen LogP contribution in [-0.2, 0) is 9.53 Å². The van der Waals surface area contributed by atoms with E-state index in [1.54, 1.807) is 6.92 Å². The van der Waals surface area contributed by atoms with E-state index in [2.05, 4.69) is 5.32 Å². The Labute approximate surface area is 123 Å². The SMILES string of the molecule is CCOC(=O)c1c(NC(=O)CCCCN)sc(C)c1C. The molecule has 0 saturated carbocycles. The van der Waals surface area contributed by atoms with E-state index >= 15 is 0 Å². The zero-order chi connectivity index (χ0) is 15.1. The molecule has 5 nitrogen and oxygen atoms in total. The number of anilines is 1. The smallest absolute Gasteiger partial charge is 0.341 e. The molecule has 0 aliphatic rings. The van der Waals surface area contributed by atoms with Crippen LogP contribution < -0.4 is 11.1 Å². The third-order valence-electron chi connectivity index (χ3n) is 2.98. The number of nitrogens with two attached hydrogens (primary N) is 1. The number of amides is 1. The maximum atomic E-state index is 12.0. The molecule has 0 spiro atoms. The van der Waals surface area contributed by atoms with Gasteiger partial charge in [-0.1, -0.05) is 0 Å². The Balaban J connectivity index is 2.81. The Bertz CT molecular complexity index is 483. The fourth-order valence-corrected chi connectivity index (χ4v) is 2.85. The molecule has 0 fully saturated rings. The summed E-state index contributed by atoms with van der Waals surface area (Å²) in [5.41, 5.74) is 6.74. The number of rotatable bonds is 7. The lowest BCUT2D eigenvalue weighted by atomic mass is 10.1. The third kappa shape index (κ3) is 4.31. The van der Waals surface area contributed by atoms with Crippen LogP contribution in [0.4, 0.5) is 5.00 Å². The van der Waals surface area contributed by atoms with Crippen molar-refractivity contribution in [1.29, 1.82) is 0 Å². The molecule has 0 radical (unpaired) electrons. The quantitative estimate of drug-likeness (QED) is 0.599. The van der Waals surface area contributed by atoms with Crippen molar-refractivity contribution in [3.05, 3.63) is 16.0 Å². The van der Waals surface area contributed by atoms with Gasteiger partial charge in [-0.3, -0.25) is 4.79 Å². The van der Waals surface area contributed by atoms with Crippen molar-refractivity contribution in [2.75, 3.05) is 18.5 Å². The maximum absolute atomic E-state index is 12.0. The molecule has 6 heteroatoms. The molecule has 0 saturated heterocycles. The van der Waals surface area contributed by atoms with Gasteiger partial charge >= 0.3 is 5.97 Å². The second-order valence-corrected chi connectivity index (χ2v) is 5.73. The van der Waals surface area contributed by atoms with Gasteiger partial charge in [0, 0.05) is 11.3 Å². The summed E-state index contributed by atoms with van der Waals surface area (Å²) in [7, 11) is 0. The van der Waals surface area contributed by atoms with Gasteiger partial charge in [-0.15, -0.1) is 11.3 Å². The number of hydrogen-bond acceptors (Lipinski definition) is 5. The van der Waals surface area contributed by atoms with Crippen molar-refractivity contribution in [3.8, 4) is 0 Å². The molecule has 0 atom stereocenters. The number of thiophene rings is 1. The standard InChI is InChI=1S/C14H22N2O3S/c1-4-19-14(18)12-9(2)10(3)20-13(12)16-11(17)7-5-6-8-15/h4-8,15H2,1-3H3,(H,16,17). The highest BCUT2D eigenvalue weighted by atomic mass is 32.1. The van der Waals surface area contributed by atoms with E-state index in [1.165, 1.54) is 11.3 Å². The summed E-state index contributed by atoms with van der Waals surface area (Å²) >= 11 is 1.41. The number of carbonyl (C=O) groups is 2. The number of carbonyl (C=O) groups excluding carboxylic acids is 2. The van der Waals surface area contributed by atoms with Crippen molar-refractivity contribution < 1.29 is 14.3 Å². The lowest BCUT2D eigenvalue weighted by Crippen LogP contribution is -2.14. The molecular formula is C14H22N2O3S. The predicted molar refractivity (Wildman–Crippen MR) is 81.3 cm³/mol. The van der Waals surface area contributed by atoms with Gasteiger partial charge < -0.3 is 15.8 Å². The first kappa shape index (κ1) is 16.7. The Morgan fingerprint density at radius 2 is 2.00 bits per heavy atom. The Morgan fingerprint density at radius 3 is 2.60 bits per heavy atom. The summed E-state index contributed by atoms with van der Waals surface area (Å²) in [6.45, 7) is 6.45. The molecular weight excluding hydrogens is 276 g/mol. The largest absolute Gasteiger partial charge is 0.462 e. The highest BCUT2D eigenvalue weighted by molar-refractivity contribution is 7.16. The van der Waals surface area contributed by atoms with Crippen LogP contribution in [0, 0.1) is 13.8 Å². The van der Waals surface area contributed by atoms with Crippen LogP contribution >= 0.6 is 11.3 Å². The maximum Gasteiger partial charge on any atom is 0.341 e. The lowest BCUT2D eigenvalue weighted by molar-refractivity contribution is -0.116. The van der Waals surface area contributed by atoms with E-state index in [9.17, 15) is 9.59 Å². The Hall–Kier alpha value is -1.40. The van der Waals surface area contributed by atoms with Gasteiger partial charge in [0.1, 0.15) is 5.00 Å². The molecule has 0 bridgehead atoms. The summed E-state index contributed by atoms with van der Waals surface area (Å²) < 4.78 is 5.04. The van der Waals surface area contributed by atoms with Crippen LogP contribution in [-0.4, -0.2) is 25.0 Å². The Kier molecular flexibility index (Phi) is 6.67. The van der Waals surface area contributed by atoms with E-state index < -0.39 is 0 Å². The summed E-state index contributed by atoms with van der Waals surface area (Å²) in [4.78, 5) is 24.8. The van der Waals surface area contributed by atoms with Crippen molar-refractivity contribution in [3.63, 3.8) is 0 Å². The average molecular weight is 298 g/mol. The van der Waals surface area contributed by atoms with Gasteiger partial charge in [0.25, 0.3) is 0 Å². The molecule has 0 aromatic carbocycles. The van der Waals surface area contributed by atoms with Crippen LogP contribution in [0.2, 0.25) is 0 Å². The fraction of sp³-hybridized carbons (Fsp3) is 0.571. The van der Waals surface area contributed by atoms with Crippen molar-refractivity contribution in [1.82, 2.24) is 0 Å². The highest BCUT2D eigenvalue weighted by Crippen LogP contribution is 2.33. The molecule has 20 heavy (non-hydrogen) atoms. The number of unbranched alkanes of at least 4 members (excludes halogenated alkanes) is 1. The van der Waals surface area contributed by atoms with Crippen LogP contribution in [0.15, 0.2) is 0 Å². The van der Waals surface area contributed by atoms with E-state index in [1.807, 2.05) is 13.8 Å². The zero-order valence-corrected chi connectivity index (χ0v) is 13.1. The van der Waals surface area contributed by atoms with Gasteiger partial charge in [0.05, 0.1) is 12.2 Å².